The Kier molecular flexibility index (Phi) is 3.56. The molecule has 0 aromatic heterocycles. The van der Waals surface area contributed by atoms with Crippen LogP contribution in [0.2, 0.25) is 0 Å². The van der Waals surface area contributed by atoms with Crippen molar-refractivity contribution in [1.29, 1.82) is 5.26 Å². The van der Waals surface area contributed by atoms with Crippen LogP contribution in [0.1, 0.15) is 25.7 Å². The smallest absolute Gasteiger partial charge is 0.252 e. The summed E-state index contributed by atoms with van der Waals surface area (Å²) in [5, 5.41) is 11.8. The van der Waals surface area contributed by atoms with Crippen molar-refractivity contribution in [2.24, 2.45) is 0 Å². The molecule has 0 saturated carbocycles. The first-order valence-electron chi connectivity index (χ1n) is 5.80. The van der Waals surface area contributed by atoms with E-state index in [0.29, 0.717) is 17.6 Å². The molecule has 1 N–H and O–H groups in total. The Bertz CT molecular complexity index is 483. The zero-order chi connectivity index (χ0) is 12.1. The molecule has 0 heterocycles. The van der Waals surface area contributed by atoms with Gasteiger partial charge in [-0.1, -0.05) is 18.2 Å². The fraction of sp³-hybridized carbons (Fsp3) is 0.286. The molecule has 86 valence electrons. The van der Waals surface area contributed by atoms with E-state index < -0.39 is 0 Å². The topological polar surface area (TPSA) is 52.9 Å². The predicted octanol–water partition coefficient (Wildman–Crippen LogP) is 3.02. The lowest BCUT2D eigenvalue weighted by molar-refractivity contribution is -0.113. The van der Waals surface area contributed by atoms with E-state index in [1.165, 1.54) is 0 Å². The van der Waals surface area contributed by atoms with Crippen LogP contribution in [-0.4, -0.2) is 5.91 Å². The molecule has 0 saturated heterocycles. The Morgan fingerprint density at radius 2 is 1.88 bits per heavy atom. The van der Waals surface area contributed by atoms with E-state index in [1.54, 1.807) is 0 Å². The molecule has 0 unspecified atom stereocenters. The largest absolute Gasteiger partial charge is 0.322 e. The molecule has 3 heteroatoms. The molecule has 1 aromatic rings. The summed E-state index contributed by atoms with van der Waals surface area (Å²) < 4.78 is 0. The molecule has 1 aliphatic rings. The quantitative estimate of drug-likeness (QED) is 0.842. The van der Waals surface area contributed by atoms with Gasteiger partial charge in [0.1, 0.15) is 0 Å². The lowest BCUT2D eigenvalue weighted by Crippen LogP contribution is -2.17. The van der Waals surface area contributed by atoms with Crippen molar-refractivity contribution >= 4 is 11.6 Å². The lowest BCUT2D eigenvalue weighted by atomic mass is 9.92. The Hall–Kier alpha value is -2.08. The van der Waals surface area contributed by atoms with Gasteiger partial charge in [-0.3, -0.25) is 4.79 Å². The summed E-state index contributed by atoms with van der Waals surface area (Å²) >= 11 is 0. The molecule has 0 spiro atoms. The van der Waals surface area contributed by atoms with Crippen molar-refractivity contribution < 1.29 is 4.79 Å². The number of nitriles is 1. The van der Waals surface area contributed by atoms with Crippen LogP contribution in [0.3, 0.4) is 0 Å². The van der Waals surface area contributed by atoms with Crippen LogP contribution in [0, 0.1) is 11.3 Å². The maximum absolute atomic E-state index is 12.0. The third kappa shape index (κ3) is 2.73. The Balaban J connectivity index is 2.15. The molecule has 1 amide bonds. The van der Waals surface area contributed by atoms with Gasteiger partial charge in [-0.25, -0.2) is 0 Å². The van der Waals surface area contributed by atoms with Gasteiger partial charge in [0, 0.05) is 16.8 Å². The van der Waals surface area contributed by atoms with E-state index in [0.717, 1.165) is 24.9 Å². The highest BCUT2D eigenvalue weighted by Gasteiger charge is 2.18. The number of nitrogens with zero attached hydrogens (tertiary/aromatic N) is 1. The molecule has 3 nitrogen and oxygen atoms in total. The SMILES string of the molecule is N#CC1=C(C(=O)Nc2ccccc2)CCCC1. The molecule has 1 aliphatic carbocycles. The van der Waals surface area contributed by atoms with Crippen molar-refractivity contribution in [2.45, 2.75) is 25.7 Å². The summed E-state index contributed by atoms with van der Waals surface area (Å²) in [6, 6.07) is 11.5. The molecule has 1 aromatic carbocycles. The second-order valence-electron chi connectivity index (χ2n) is 4.10. The van der Waals surface area contributed by atoms with Crippen LogP contribution in [0.5, 0.6) is 0 Å². The first-order valence-corrected chi connectivity index (χ1v) is 5.80. The fourth-order valence-electron chi connectivity index (χ4n) is 2.01. The first kappa shape index (κ1) is 11.4. The van der Waals surface area contributed by atoms with Crippen molar-refractivity contribution in [2.75, 3.05) is 5.32 Å². The molecular weight excluding hydrogens is 212 g/mol. The number of hydrogen-bond acceptors (Lipinski definition) is 2. The number of rotatable bonds is 2. The molecule has 17 heavy (non-hydrogen) atoms. The molecule has 0 aliphatic heterocycles. The van der Waals surface area contributed by atoms with E-state index in [-0.39, 0.29) is 5.91 Å². The van der Waals surface area contributed by atoms with Crippen molar-refractivity contribution in [3.05, 3.63) is 41.5 Å². The van der Waals surface area contributed by atoms with Gasteiger partial charge in [-0.05, 0) is 37.8 Å². The zero-order valence-corrected chi connectivity index (χ0v) is 9.57. The van der Waals surface area contributed by atoms with Crippen LogP contribution >= 0.6 is 0 Å². The minimum Gasteiger partial charge on any atom is -0.322 e. The average molecular weight is 226 g/mol. The van der Waals surface area contributed by atoms with Crippen LogP contribution in [0.4, 0.5) is 5.69 Å². The van der Waals surface area contributed by atoms with Gasteiger partial charge in [0.25, 0.3) is 5.91 Å². The van der Waals surface area contributed by atoms with Crippen molar-refractivity contribution in [1.82, 2.24) is 0 Å². The van der Waals surface area contributed by atoms with Crippen molar-refractivity contribution in [3.8, 4) is 6.07 Å². The third-order valence-electron chi connectivity index (χ3n) is 2.91. The highest BCUT2D eigenvalue weighted by atomic mass is 16.1. The minimum atomic E-state index is -0.132. The Labute approximate surface area is 101 Å². The number of anilines is 1. The molecule has 2 rings (SSSR count). The number of allylic oxidation sites excluding steroid dienone is 1. The van der Waals surface area contributed by atoms with E-state index >= 15 is 0 Å². The third-order valence-corrected chi connectivity index (χ3v) is 2.91. The minimum absolute atomic E-state index is 0.132. The van der Waals surface area contributed by atoms with E-state index in [2.05, 4.69) is 11.4 Å². The maximum atomic E-state index is 12.0. The van der Waals surface area contributed by atoms with E-state index in [4.69, 9.17) is 5.26 Å². The predicted molar refractivity (Wildman–Crippen MR) is 66.2 cm³/mol. The molecule has 0 atom stereocenters. The Morgan fingerprint density at radius 3 is 2.59 bits per heavy atom. The van der Waals surface area contributed by atoms with Gasteiger partial charge >= 0.3 is 0 Å². The number of hydrogen-bond donors (Lipinski definition) is 1. The Morgan fingerprint density at radius 1 is 1.18 bits per heavy atom. The van der Waals surface area contributed by atoms with Gasteiger partial charge in [-0.2, -0.15) is 5.26 Å². The van der Waals surface area contributed by atoms with Crippen LogP contribution in [0.15, 0.2) is 41.5 Å². The number of amides is 1. The summed E-state index contributed by atoms with van der Waals surface area (Å²) in [7, 11) is 0. The number of carbonyl (C=O) groups is 1. The maximum Gasteiger partial charge on any atom is 0.252 e. The number of nitrogens with one attached hydrogen (secondary N) is 1. The highest BCUT2D eigenvalue weighted by molar-refractivity contribution is 6.04. The number of benzene rings is 1. The van der Waals surface area contributed by atoms with Crippen LogP contribution in [0.25, 0.3) is 0 Å². The van der Waals surface area contributed by atoms with Gasteiger partial charge in [0.15, 0.2) is 0 Å². The lowest BCUT2D eigenvalue weighted by Gasteiger charge is -2.15. The molecule has 0 bridgehead atoms. The molecule has 0 radical (unpaired) electrons. The second kappa shape index (κ2) is 5.31. The van der Waals surface area contributed by atoms with Crippen molar-refractivity contribution in [3.63, 3.8) is 0 Å². The van der Waals surface area contributed by atoms with Gasteiger partial charge in [0.05, 0.1) is 6.07 Å². The normalized spacial score (nSPS) is 15.2. The summed E-state index contributed by atoms with van der Waals surface area (Å²) in [5.74, 6) is -0.132. The van der Waals surface area contributed by atoms with Crippen LogP contribution in [-0.2, 0) is 4.79 Å². The second-order valence-corrected chi connectivity index (χ2v) is 4.10. The van der Waals surface area contributed by atoms with Gasteiger partial charge in [-0.15, -0.1) is 0 Å². The highest BCUT2D eigenvalue weighted by Crippen LogP contribution is 2.25. The van der Waals surface area contributed by atoms with E-state index in [1.807, 2.05) is 30.3 Å². The standard InChI is InChI=1S/C14H14N2O/c15-10-11-6-4-5-9-13(11)14(17)16-12-7-2-1-3-8-12/h1-3,7-8H,4-6,9H2,(H,16,17). The number of carbonyl (C=O) groups excluding carboxylic acids is 1. The monoisotopic (exact) mass is 226 g/mol. The molecule has 0 fully saturated rings. The van der Waals surface area contributed by atoms with Crippen LogP contribution < -0.4 is 5.32 Å². The number of para-hydroxylation sites is 1. The summed E-state index contributed by atoms with van der Waals surface area (Å²) in [6.07, 6.45) is 3.43. The first-order chi connectivity index (χ1) is 8.31. The summed E-state index contributed by atoms with van der Waals surface area (Å²) in [5.41, 5.74) is 2.07. The van der Waals surface area contributed by atoms with E-state index in [9.17, 15) is 4.79 Å². The summed E-state index contributed by atoms with van der Waals surface area (Å²) in [4.78, 5) is 12.0. The van der Waals surface area contributed by atoms with Gasteiger partial charge < -0.3 is 5.32 Å². The van der Waals surface area contributed by atoms with Gasteiger partial charge in [0.2, 0.25) is 0 Å². The summed E-state index contributed by atoms with van der Waals surface area (Å²) in [6.45, 7) is 0. The average Bonchev–Trinajstić information content (AvgIpc) is 2.40. The fourth-order valence-corrected chi connectivity index (χ4v) is 2.01. The zero-order valence-electron chi connectivity index (χ0n) is 9.57. The molecular formula is C14H14N2O.